The third-order valence-corrected chi connectivity index (χ3v) is 7.16. The topological polar surface area (TPSA) is 18.5 Å². The first-order valence-corrected chi connectivity index (χ1v) is 9.45. The predicted octanol–water partition coefficient (Wildman–Crippen LogP) is 4.21. The Kier molecular flexibility index (Phi) is 9.77. The summed E-state index contributed by atoms with van der Waals surface area (Å²) < 4.78 is 11.2. The van der Waals surface area contributed by atoms with E-state index in [0.717, 1.165) is 18.8 Å². The van der Waals surface area contributed by atoms with Crippen LogP contribution in [0.2, 0.25) is 0 Å². The first-order chi connectivity index (χ1) is 6.68. The summed E-state index contributed by atoms with van der Waals surface area (Å²) >= 11 is 7.02. The zero-order valence-corrected chi connectivity index (χ0v) is 11.9. The second-order valence-electron chi connectivity index (χ2n) is 2.82. The van der Waals surface area contributed by atoms with Crippen molar-refractivity contribution in [2.45, 2.75) is 40.0 Å². The van der Waals surface area contributed by atoms with Crippen LogP contribution in [-0.4, -0.2) is 19.0 Å². The Morgan fingerprint density at radius 1 is 1.14 bits per heavy atom. The molecule has 5 heteroatoms. The fourth-order valence-electron chi connectivity index (χ4n) is 0.956. The maximum Gasteiger partial charge on any atom is 0.247 e. The van der Waals surface area contributed by atoms with Crippen molar-refractivity contribution in [3.63, 3.8) is 0 Å². The van der Waals surface area contributed by atoms with Crippen molar-refractivity contribution in [3.05, 3.63) is 0 Å². The minimum atomic E-state index is -2.01. The highest BCUT2D eigenvalue weighted by atomic mass is 32.9. The van der Waals surface area contributed by atoms with Gasteiger partial charge >= 0.3 is 0 Å². The van der Waals surface area contributed by atoms with Gasteiger partial charge in [0, 0.05) is 0 Å². The maximum absolute atomic E-state index is 5.68. The number of rotatable bonds is 9. The van der Waals surface area contributed by atoms with Gasteiger partial charge in [0.05, 0.1) is 13.2 Å². The fraction of sp³-hybridized carbons (Fsp3) is 1.00. The first kappa shape index (κ1) is 14.9. The normalized spacial score (nSPS) is 15.4. The van der Waals surface area contributed by atoms with Crippen molar-refractivity contribution in [2.24, 2.45) is 0 Å². The van der Waals surface area contributed by atoms with E-state index in [1.54, 1.807) is 11.4 Å². The van der Waals surface area contributed by atoms with E-state index in [0.29, 0.717) is 6.61 Å². The Labute approximate surface area is 97.1 Å². The van der Waals surface area contributed by atoms with Gasteiger partial charge in [-0.3, -0.25) is 0 Å². The molecule has 0 saturated carbocycles. The molecule has 0 aromatic carbocycles. The SMILES string of the molecule is CCCCCOP(=S)(OCC)SCC. The van der Waals surface area contributed by atoms with Crippen molar-refractivity contribution >= 4 is 28.9 Å². The molecule has 1 atom stereocenters. The number of unbranched alkanes of at least 4 members (excludes halogenated alkanes) is 2. The highest BCUT2D eigenvalue weighted by Crippen LogP contribution is 2.60. The molecule has 14 heavy (non-hydrogen) atoms. The van der Waals surface area contributed by atoms with Gasteiger partial charge in [0.1, 0.15) is 0 Å². The Morgan fingerprint density at radius 2 is 1.86 bits per heavy atom. The lowest BCUT2D eigenvalue weighted by Gasteiger charge is -2.19. The molecule has 0 aromatic heterocycles. The van der Waals surface area contributed by atoms with E-state index in [1.807, 2.05) is 6.92 Å². The van der Waals surface area contributed by atoms with Gasteiger partial charge in [-0.1, -0.05) is 38.1 Å². The summed E-state index contributed by atoms with van der Waals surface area (Å²) in [6.45, 7) is 7.63. The average molecular weight is 256 g/mol. The lowest BCUT2D eigenvalue weighted by Crippen LogP contribution is -1.95. The molecule has 0 bridgehead atoms. The van der Waals surface area contributed by atoms with E-state index >= 15 is 0 Å². The second-order valence-corrected chi connectivity index (χ2v) is 9.42. The molecule has 0 fully saturated rings. The molecule has 0 N–H and O–H groups in total. The van der Waals surface area contributed by atoms with Crippen LogP contribution in [0.3, 0.4) is 0 Å². The minimum Gasteiger partial charge on any atom is -0.322 e. The molecule has 0 aliphatic heterocycles. The van der Waals surface area contributed by atoms with E-state index in [-0.39, 0.29) is 0 Å². The fourth-order valence-corrected chi connectivity index (χ4v) is 5.59. The van der Waals surface area contributed by atoms with Crippen molar-refractivity contribution in [2.75, 3.05) is 19.0 Å². The zero-order valence-electron chi connectivity index (χ0n) is 9.32. The van der Waals surface area contributed by atoms with Gasteiger partial charge in [-0.05, 0) is 30.9 Å². The number of hydrogen-bond donors (Lipinski definition) is 0. The van der Waals surface area contributed by atoms with Gasteiger partial charge in [-0.15, -0.1) is 0 Å². The van der Waals surface area contributed by atoms with Crippen molar-refractivity contribution in [1.29, 1.82) is 0 Å². The molecule has 0 saturated heterocycles. The van der Waals surface area contributed by atoms with Crippen molar-refractivity contribution in [1.82, 2.24) is 0 Å². The second kappa shape index (κ2) is 9.17. The summed E-state index contributed by atoms with van der Waals surface area (Å²) in [4.78, 5) is 0. The van der Waals surface area contributed by atoms with Crippen LogP contribution in [0.25, 0.3) is 0 Å². The van der Waals surface area contributed by atoms with E-state index in [1.165, 1.54) is 12.8 Å². The molecule has 0 amide bonds. The molecule has 86 valence electrons. The van der Waals surface area contributed by atoms with Crippen LogP contribution in [0.5, 0.6) is 0 Å². The smallest absolute Gasteiger partial charge is 0.247 e. The van der Waals surface area contributed by atoms with Gasteiger partial charge in [0.15, 0.2) is 0 Å². The molecule has 0 heterocycles. The summed E-state index contributed by atoms with van der Waals surface area (Å²) in [6, 6.07) is 0. The van der Waals surface area contributed by atoms with Gasteiger partial charge in [-0.25, -0.2) is 0 Å². The number of hydrogen-bond acceptors (Lipinski definition) is 4. The van der Waals surface area contributed by atoms with E-state index < -0.39 is 5.69 Å². The molecular formula is C9H21O2PS2. The Bertz CT molecular complexity index is 166. The average Bonchev–Trinajstić information content (AvgIpc) is 2.13. The molecule has 0 rings (SSSR count). The quantitative estimate of drug-likeness (QED) is 0.454. The lowest BCUT2D eigenvalue weighted by atomic mass is 10.3. The zero-order chi connectivity index (χ0) is 10.9. The van der Waals surface area contributed by atoms with Crippen LogP contribution in [0.4, 0.5) is 0 Å². The largest absolute Gasteiger partial charge is 0.322 e. The van der Waals surface area contributed by atoms with Gasteiger partial charge < -0.3 is 9.05 Å². The van der Waals surface area contributed by atoms with Gasteiger partial charge in [0.25, 0.3) is 0 Å². The van der Waals surface area contributed by atoms with Crippen molar-refractivity contribution < 1.29 is 9.05 Å². The molecule has 0 aromatic rings. The third-order valence-electron chi connectivity index (χ3n) is 1.57. The molecule has 0 aliphatic rings. The summed E-state index contributed by atoms with van der Waals surface area (Å²) in [5, 5.41) is 0. The lowest BCUT2D eigenvalue weighted by molar-refractivity contribution is 0.264. The Morgan fingerprint density at radius 3 is 2.36 bits per heavy atom. The molecule has 2 nitrogen and oxygen atoms in total. The molecular weight excluding hydrogens is 235 g/mol. The van der Waals surface area contributed by atoms with Crippen molar-refractivity contribution in [3.8, 4) is 0 Å². The van der Waals surface area contributed by atoms with E-state index in [9.17, 15) is 0 Å². The van der Waals surface area contributed by atoms with E-state index in [4.69, 9.17) is 20.9 Å². The van der Waals surface area contributed by atoms with Crippen LogP contribution in [0.1, 0.15) is 40.0 Å². The highest BCUT2D eigenvalue weighted by Gasteiger charge is 2.17. The summed E-state index contributed by atoms with van der Waals surface area (Å²) in [6.07, 6.45) is 3.51. The van der Waals surface area contributed by atoms with Gasteiger partial charge in [-0.2, -0.15) is 0 Å². The molecule has 1 unspecified atom stereocenters. The Balaban J connectivity index is 3.78. The van der Waals surface area contributed by atoms with Crippen LogP contribution >= 0.6 is 17.1 Å². The maximum atomic E-state index is 5.68. The minimum absolute atomic E-state index is 0.651. The molecule has 0 spiro atoms. The first-order valence-electron chi connectivity index (χ1n) is 5.22. The van der Waals surface area contributed by atoms with Gasteiger partial charge in [0.2, 0.25) is 5.69 Å². The van der Waals surface area contributed by atoms with Crippen LogP contribution in [0, 0.1) is 0 Å². The molecule has 0 radical (unpaired) electrons. The third kappa shape index (κ3) is 7.24. The van der Waals surface area contributed by atoms with Crippen LogP contribution in [0.15, 0.2) is 0 Å². The van der Waals surface area contributed by atoms with E-state index in [2.05, 4.69) is 13.8 Å². The highest BCUT2D eigenvalue weighted by molar-refractivity contribution is 8.67. The predicted molar refractivity (Wildman–Crippen MR) is 69.5 cm³/mol. The Hall–Kier alpha value is 0.920. The molecule has 0 aliphatic carbocycles. The summed E-state index contributed by atoms with van der Waals surface area (Å²) in [5.74, 6) is 0.963. The van der Waals surface area contributed by atoms with Crippen LogP contribution < -0.4 is 0 Å². The summed E-state index contributed by atoms with van der Waals surface area (Å²) in [5.41, 5.74) is -2.01. The van der Waals surface area contributed by atoms with Crippen LogP contribution in [-0.2, 0) is 20.9 Å². The standard InChI is InChI=1S/C9H21O2PS2/c1-4-7-8-9-11-12(13,10-5-2)14-6-3/h4-9H2,1-3H3. The monoisotopic (exact) mass is 256 g/mol. The summed E-state index contributed by atoms with van der Waals surface area (Å²) in [7, 11) is 0.